The van der Waals surface area contributed by atoms with Gasteiger partial charge in [-0.15, -0.1) is 0 Å². The number of aliphatic hydroxyl groups excluding tert-OH is 16. The van der Waals surface area contributed by atoms with Crippen LogP contribution in [0.5, 0.6) is 0 Å². The van der Waals surface area contributed by atoms with Crippen LogP contribution in [0.15, 0.2) is 0 Å². The highest BCUT2D eigenvalue weighted by atomic mass is 16.8. The molecule has 0 aromatic carbocycles. The lowest BCUT2D eigenvalue weighted by Gasteiger charge is -2.51. The fraction of sp³-hybridized carbons (Fsp3) is 0.950. The summed E-state index contributed by atoms with van der Waals surface area (Å²) in [6.07, 6.45) is -50.7. The van der Waals surface area contributed by atoms with Gasteiger partial charge in [0.15, 0.2) is 37.7 Å². The van der Waals surface area contributed by atoms with E-state index in [2.05, 4.69) is 10.6 Å². The molecule has 6 heterocycles. The fourth-order valence-corrected chi connectivity index (χ4v) is 9.08. The molecule has 0 saturated carbocycles. The number of nitrogens with one attached hydrogen (secondary N) is 2. The summed E-state index contributed by atoms with van der Waals surface area (Å²) in [6, 6.07) is -3.34. The molecule has 6 aliphatic heterocycles. The number of aliphatic hydroxyl groups is 16. The summed E-state index contributed by atoms with van der Waals surface area (Å²) in [6.45, 7) is 1.00. The smallest absolute Gasteiger partial charge is 0.217 e. The molecule has 31 nitrogen and oxygen atoms in total. The summed E-state index contributed by atoms with van der Waals surface area (Å²) in [7, 11) is 0. The molecule has 6 fully saturated rings. The van der Waals surface area contributed by atoms with Gasteiger partial charge in [0.1, 0.15) is 134 Å². The summed E-state index contributed by atoms with van der Waals surface area (Å²) in [4.78, 5) is 25.2. The molecule has 0 aromatic heterocycles. The number of amides is 2. The summed E-state index contributed by atoms with van der Waals surface area (Å²) < 4.78 is 64.3. The van der Waals surface area contributed by atoms with Crippen LogP contribution in [-0.2, 0) is 61.7 Å². The highest BCUT2D eigenvalue weighted by molar-refractivity contribution is 5.73. The molecule has 2 amide bonds. The Kier molecular flexibility index (Phi) is 20.2. The van der Waals surface area contributed by atoms with Crippen molar-refractivity contribution in [3.05, 3.63) is 0 Å². The van der Waals surface area contributed by atoms with E-state index in [4.69, 9.17) is 52.1 Å². The third-order valence-corrected chi connectivity index (χ3v) is 13.1. The summed E-state index contributed by atoms with van der Waals surface area (Å²) in [5, 5.41) is 176. The Bertz CT molecular complexity index is 1710. The molecule has 0 radical (unpaired) electrons. The lowest BCUT2D eigenvalue weighted by atomic mass is 9.94. The van der Waals surface area contributed by atoms with Crippen LogP contribution in [0, 0.1) is 0 Å². The molecule has 18 N–H and O–H groups in total. The molecule has 0 spiro atoms. The first-order valence-corrected chi connectivity index (χ1v) is 22.8. The van der Waals surface area contributed by atoms with Gasteiger partial charge in [-0.25, -0.2) is 0 Å². The number of ether oxygens (including phenoxy) is 11. The van der Waals surface area contributed by atoms with E-state index in [1.54, 1.807) is 0 Å². The van der Waals surface area contributed by atoms with Gasteiger partial charge in [-0.3, -0.25) is 9.59 Å². The van der Waals surface area contributed by atoms with Crippen molar-refractivity contribution in [3.8, 4) is 0 Å². The SMILES string of the molecule is CC(=O)N[C@@H]1[C@@H](O[C@@H]2O[C@H](CO)[C@H](O)[C@H](O)[C@H]2O)[C@@H](O)[C@@H](CO[C@@H]2O[C@H](CO)[C@@H](O[C@@H]3O[C@H](CO)[C@H](O)[C@H](O)[C@H]3O[C@@H]3O[C@@H](C)[C@@H](O)[C@@H](O)[C@@H]3O)[C@H](O[C@@H]3O[C@@H](C)[C@@H](O)[C@@H](O)[C@@H]3O)[C@H]2NC(C)=O)O[C@@H]1O. The van der Waals surface area contributed by atoms with Crippen molar-refractivity contribution in [2.24, 2.45) is 0 Å². The highest BCUT2D eigenvalue weighted by Crippen LogP contribution is 2.37. The van der Waals surface area contributed by atoms with E-state index in [-0.39, 0.29) is 0 Å². The molecule has 0 bridgehead atoms. The maximum Gasteiger partial charge on any atom is 0.217 e. The minimum atomic E-state index is -2.06. The molecule has 0 aromatic rings. The molecule has 6 aliphatic rings. The maximum atomic E-state index is 13.0. The van der Waals surface area contributed by atoms with Gasteiger partial charge in [0.2, 0.25) is 11.8 Å². The van der Waals surface area contributed by atoms with Gasteiger partial charge in [-0.2, -0.15) is 0 Å². The van der Waals surface area contributed by atoms with Crippen LogP contribution < -0.4 is 10.6 Å². The first kappa shape index (κ1) is 58.1. The molecule has 0 aliphatic carbocycles. The number of rotatable bonds is 16. The van der Waals surface area contributed by atoms with Gasteiger partial charge in [0.25, 0.3) is 0 Å². The quantitative estimate of drug-likeness (QED) is 0.0682. The van der Waals surface area contributed by atoms with E-state index in [0.29, 0.717) is 0 Å². The highest BCUT2D eigenvalue weighted by Gasteiger charge is 2.58. The fourth-order valence-electron chi connectivity index (χ4n) is 9.08. The lowest BCUT2D eigenvalue weighted by Crippen LogP contribution is -2.70. The van der Waals surface area contributed by atoms with Crippen LogP contribution in [0.1, 0.15) is 27.7 Å². The Hall–Kier alpha value is -2.14. The van der Waals surface area contributed by atoms with Gasteiger partial charge in [-0.1, -0.05) is 0 Å². The Morgan fingerprint density at radius 2 is 0.803 bits per heavy atom. The summed E-state index contributed by atoms with van der Waals surface area (Å²) >= 11 is 0. The van der Waals surface area contributed by atoms with E-state index >= 15 is 0 Å². The van der Waals surface area contributed by atoms with Crippen LogP contribution in [0.4, 0.5) is 0 Å². The zero-order valence-electron chi connectivity index (χ0n) is 38.6. The molecular formula is C40H68N2O29. The zero-order valence-corrected chi connectivity index (χ0v) is 38.6. The Labute approximate surface area is 403 Å². The molecule has 71 heavy (non-hydrogen) atoms. The van der Waals surface area contributed by atoms with Gasteiger partial charge in [-0.05, 0) is 13.8 Å². The number of carbonyl (C=O) groups is 2. The second kappa shape index (κ2) is 24.7. The topological polar surface area (TPSA) is 483 Å². The number of hydrogen-bond donors (Lipinski definition) is 18. The van der Waals surface area contributed by atoms with E-state index in [0.717, 1.165) is 13.8 Å². The minimum absolute atomic E-state index is 0.765. The monoisotopic (exact) mass is 1040 g/mol. The standard InChI is InChI=1S/C40H68N2O29/c1-9-19(48)24(53)28(57)37(62-9)70-33-18(42-12(4)47)36(61-8-16-23(52)32(17(35(60)64-16)41-11(3)46)69-39-30(59)26(55)21(50)13(5-43)65-39)67-15(7-45)31(33)68-40-34(27(56)22(51)14(6-44)66-40)71-38-29(58)25(54)20(49)10(2)63-38/h9-10,13-40,43-45,48-60H,5-8H2,1-4H3,(H,41,46)(H,42,47)/t9-,10-,13+,14+,15+,16+,17+,18+,19+,20+,21-,22-,23-,24+,25+,26-,27-,28-,29-,30+,31+,32+,33+,34+,35-,36+,37-,38-,39-,40-/m0/s1. The van der Waals surface area contributed by atoms with Crippen LogP contribution in [0.2, 0.25) is 0 Å². The average Bonchev–Trinajstić information content (AvgIpc) is 3.33. The van der Waals surface area contributed by atoms with Crippen molar-refractivity contribution >= 4 is 11.8 Å². The van der Waals surface area contributed by atoms with Gasteiger partial charge < -0.3 is 144 Å². The molecule has 30 atom stereocenters. The third-order valence-electron chi connectivity index (χ3n) is 13.1. The van der Waals surface area contributed by atoms with Gasteiger partial charge >= 0.3 is 0 Å². The lowest BCUT2D eigenvalue weighted by molar-refractivity contribution is -0.394. The maximum absolute atomic E-state index is 13.0. The number of hydrogen-bond acceptors (Lipinski definition) is 29. The predicted molar refractivity (Wildman–Crippen MR) is 220 cm³/mol. The second-order valence-corrected chi connectivity index (χ2v) is 18.2. The van der Waals surface area contributed by atoms with Gasteiger partial charge in [0, 0.05) is 13.8 Å². The largest absolute Gasteiger partial charge is 0.394 e. The predicted octanol–water partition coefficient (Wildman–Crippen LogP) is -11.8. The first-order valence-electron chi connectivity index (χ1n) is 22.8. The van der Waals surface area contributed by atoms with Crippen molar-refractivity contribution in [2.75, 3.05) is 26.4 Å². The van der Waals surface area contributed by atoms with Crippen molar-refractivity contribution in [1.82, 2.24) is 10.6 Å². The molecule has 6 saturated heterocycles. The van der Waals surface area contributed by atoms with Crippen molar-refractivity contribution in [1.29, 1.82) is 0 Å². The first-order chi connectivity index (χ1) is 33.4. The molecule has 412 valence electrons. The van der Waals surface area contributed by atoms with Gasteiger partial charge in [0.05, 0.1) is 38.6 Å². The van der Waals surface area contributed by atoms with Crippen molar-refractivity contribution in [2.45, 2.75) is 212 Å². The Morgan fingerprint density at radius 1 is 0.394 bits per heavy atom. The second-order valence-electron chi connectivity index (χ2n) is 18.2. The van der Waals surface area contributed by atoms with Crippen LogP contribution in [0.3, 0.4) is 0 Å². The number of carbonyl (C=O) groups excluding carboxylic acids is 2. The molecule has 31 heteroatoms. The van der Waals surface area contributed by atoms with E-state index in [1.165, 1.54) is 13.8 Å². The molecule has 6 rings (SSSR count). The summed E-state index contributed by atoms with van der Waals surface area (Å²) in [5.41, 5.74) is 0. The minimum Gasteiger partial charge on any atom is -0.394 e. The Balaban J connectivity index is 1.32. The molecule has 0 unspecified atom stereocenters. The molecular weight excluding hydrogens is 972 g/mol. The van der Waals surface area contributed by atoms with Crippen LogP contribution in [-0.4, -0.2) is 304 Å². The van der Waals surface area contributed by atoms with Crippen molar-refractivity contribution in [3.63, 3.8) is 0 Å². The van der Waals surface area contributed by atoms with E-state index < -0.39 is 222 Å². The normalized spacial score (nSPS) is 50.8. The van der Waals surface area contributed by atoms with Crippen LogP contribution in [0.25, 0.3) is 0 Å². The summed E-state index contributed by atoms with van der Waals surface area (Å²) in [5.74, 6) is -1.60. The van der Waals surface area contributed by atoms with E-state index in [1.807, 2.05) is 0 Å². The Morgan fingerprint density at radius 3 is 1.31 bits per heavy atom. The average molecular weight is 1040 g/mol. The third kappa shape index (κ3) is 12.6. The zero-order chi connectivity index (χ0) is 52.5. The van der Waals surface area contributed by atoms with Crippen LogP contribution >= 0.6 is 0 Å². The van der Waals surface area contributed by atoms with E-state index in [9.17, 15) is 91.3 Å². The van der Waals surface area contributed by atoms with Crippen molar-refractivity contribution < 1.29 is 143 Å².